The molecule has 0 spiro atoms. The van der Waals surface area contributed by atoms with Crippen LogP contribution in [0, 0.1) is 19.7 Å². The summed E-state index contributed by atoms with van der Waals surface area (Å²) in [6.45, 7) is 5.06. The van der Waals surface area contributed by atoms with Crippen LogP contribution in [0.15, 0.2) is 42.7 Å². The fourth-order valence-corrected chi connectivity index (χ4v) is 2.60. The van der Waals surface area contributed by atoms with E-state index in [0.717, 1.165) is 23.2 Å². The van der Waals surface area contributed by atoms with Crippen molar-refractivity contribution in [3.05, 3.63) is 70.8 Å². The lowest BCUT2D eigenvalue weighted by molar-refractivity contribution is 0.606. The lowest BCUT2D eigenvalue weighted by atomic mass is 10.1. The quantitative estimate of drug-likeness (QED) is 0.795. The van der Waals surface area contributed by atoms with Gasteiger partial charge in [0.15, 0.2) is 0 Å². The molecule has 0 atom stereocenters. The van der Waals surface area contributed by atoms with Gasteiger partial charge in [-0.05, 0) is 42.7 Å². The predicted molar refractivity (Wildman–Crippen MR) is 81.6 cm³/mol. The van der Waals surface area contributed by atoms with Gasteiger partial charge in [-0.2, -0.15) is 5.10 Å². The van der Waals surface area contributed by atoms with Gasteiger partial charge < -0.3 is 5.32 Å². The molecule has 108 valence electrons. The van der Waals surface area contributed by atoms with E-state index in [1.165, 1.54) is 0 Å². The van der Waals surface area contributed by atoms with Gasteiger partial charge in [-0.15, -0.1) is 0 Å². The maximum atomic E-state index is 13.6. The fourth-order valence-electron chi connectivity index (χ4n) is 2.60. The Labute approximate surface area is 123 Å². The number of nitrogens with zero attached hydrogens (tertiary/aromatic N) is 2. The molecule has 21 heavy (non-hydrogen) atoms. The van der Waals surface area contributed by atoms with Crippen LogP contribution in [0.5, 0.6) is 0 Å². The number of hydrogen-bond acceptors (Lipinski definition) is 2. The maximum Gasteiger partial charge on any atom is 0.129 e. The first-order chi connectivity index (χ1) is 10.1. The van der Waals surface area contributed by atoms with Crippen LogP contribution in [0.1, 0.15) is 22.3 Å². The number of pyridine rings is 1. The molecule has 0 aliphatic rings. The molecule has 4 heteroatoms. The Morgan fingerprint density at radius 2 is 1.90 bits per heavy atom. The zero-order valence-corrected chi connectivity index (χ0v) is 12.2. The van der Waals surface area contributed by atoms with E-state index in [1.54, 1.807) is 13.8 Å². The minimum absolute atomic E-state index is 0.110. The Morgan fingerprint density at radius 1 is 1.14 bits per heavy atom. The highest BCUT2D eigenvalue weighted by Crippen LogP contribution is 2.15. The molecule has 0 saturated carbocycles. The molecule has 0 radical (unpaired) electrons. The van der Waals surface area contributed by atoms with Gasteiger partial charge in [0.2, 0.25) is 0 Å². The number of benzene rings is 1. The van der Waals surface area contributed by atoms with Crippen LogP contribution in [-0.4, -0.2) is 9.61 Å². The van der Waals surface area contributed by atoms with Crippen LogP contribution >= 0.6 is 0 Å². The number of rotatable bonds is 4. The van der Waals surface area contributed by atoms with Gasteiger partial charge in [0.1, 0.15) is 5.82 Å². The zero-order valence-electron chi connectivity index (χ0n) is 12.2. The van der Waals surface area contributed by atoms with Crippen molar-refractivity contribution in [3.8, 4) is 0 Å². The monoisotopic (exact) mass is 283 g/mol. The number of fused-ring (bicyclic) bond motifs is 1. The second-order valence-corrected chi connectivity index (χ2v) is 5.35. The summed E-state index contributed by atoms with van der Waals surface area (Å²) in [7, 11) is 0. The SMILES string of the molecule is Cc1cc(CNCc2cnn3ccccc23)cc(C)c1F. The summed E-state index contributed by atoms with van der Waals surface area (Å²) in [5.41, 5.74) is 4.76. The van der Waals surface area contributed by atoms with Crippen LogP contribution in [0.2, 0.25) is 0 Å². The summed E-state index contributed by atoms with van der Waals surface area (Å²) >= 11 is 0. The Morgan fingerprint density at radius 3 is 2.67 bits per heavy atom. The van der Waals surface area contributed by atoms with Crippen LogP contribution < -0.4 is 5.32 Å². The topological polar surface area (TPSA) is 29.3 Å². The number of hydrogen-bond donors (Lipinski definition) is 1. The van der Waals surface area contributed by atoms with Gasteiger partial charge >= 0.3 is 0 Å². The van der Waals surface area contributed by atoms with E-state index in [1.807, 2.05) is 41.2 Å². The minimum Gasteiger partial charge on any atom is -0.308 e. The average molecular weight is 283 g/mol. The number of nitrogens with one attached hydrogen (secondary N) is 1. The van der Waals surface area contributed by atoms with Crippen molar-refractivity contribution in [2.45, 2.75) is 26.9 Å². The van der Waals surface area contributed by atoms with Gasteiger partial charge in [0.05, 0.1) is 11.7 Å². The summed E-state index contributed by atoms with van der Waals surface area (Å²) in [6, 6.07) is 9.81. The van der Waals surface area contributed by atoms with E-state index in [4.69, 9.17) is 0 Å². The molecule has 3 rings (SSSR count). The number of halogens is 1. The van der Waals surface area contributed by atoms with Crippen molar-refractivity contribution in [2.75, 3.05) is 0 Å². The van der Waals surface area contributed by atoms with Gasteiger partial charge in [0.25, 0.3) is 0 Å². The first kappa shape index (κ1) is 13.8. The normalized spacial score (nSPS) is 11.2. The maximum absolute atomic E-state index is 13.6. The minimum atomic E-state index is -0.110. The third-order valence-electron chi connectivity index (χ3n) is 3.65. The molecular weight excluding hydrogens is 265 g/mol. The highest BCUT2D eigenvalue weighted by molar-refractivity contribution is 5.53. The smallest absolute Gasteiger partial charge is 0.129 e. The van der Waals surface area contributed by atoms with E-state index in [2.05, 4.69) is 16.5 Å². The average Bonchev–Trinajstić information content (AvgIpc) is 2.88. The molecule has 2 aromatic heterocycles. The van der Waals surface area contributed by atoms with Crippen molar-refractivity contribution < 1.29 is 4.39 Å². The first-order valence-electron chi connectivity index (χ1n) is 7.03. The van der Waals surface area contributed by atoms with Gasteiger partial charge in [-0.1, -0.05) is 18.2 Å². The standard InChI is InChI=1S/C17H18FN3/c1-12-7-14(8-13(2)17(12)18)9-19-10-15-11-20-21-6-4-3-5-16(15)21/h3-8,11,19H,9-10H2,1-2H3. The molecule has 0 saturated heterocycles. The van der Waals surface area contributed by atoms with Crippen molar-refractivity contribution in [1.29, 1.82) is 0 Å². The largest absolute Gasteiger partial charge is 0.308 e. The third-order valence-corrected chi connectivity index (χ3v) is 3.65. The highest BCUT2D eigenvalue weighted by atomic mass is 19.1. The van der Waals surface area contributed by atoms with Gasteiger partial charge in [0, 0.05) is 24.8 Å². The second-order valence-electron chi connectivity index (χ2n) is 5.35. The van der Waals surface area contributed by atoms with Crippen LogP contribution in [0.25, 0.3) is 5.52 Å². The Kier molecular flexibility index (Phi) is 3.71. The van der Waals surface area contributed by atoms with Crippen LogP contribution in [0.3, 0.4) is 0 Å². The summed E-state index contributed by atoms with van der Waals surface area (Å²) < 4.78 is 15.5. The molecule has 3 aromatic rings. The van der Waals surface area contributed by atoms with E-state index in [9.17, 15) is 4.39 Å². The summed E-state index contributed by atoms with van der Waals surface area (Å²) in [4.78, 5) is 0. The Hall–Kier alpha value is -2.20. The van der Waals surface area contributed by atoms with Crippen molar-refractivity contribution in [2.24, 2.45) is 0 Å². The molecule has 0 aliphatic carbocycles. The highest BCUT2D eigenvalue weighted by Gasteiger charge is 2.05. The Bertz CT molecular complexity index is 754. The number of aryl methyl sites for hydroxylation is 2. The van der Waals surface area contributed by atoms with E-state index >= 15 is 0 Å². The number of aromatic nitrogens is 2. The lowest BCUT2D eigenvalue weighted by Crippen LogP contribution is -2.13. The van der Waals surface area contributed by atoms with E-state index in [-0.39, 0.29) is 5.82 Å². The Balaban J connectivity index is 1.69. The molecule has 1 N–H and O–H groups in total. The van der Waals surface area contributed by atoms with E-state index < -0.39 is 0 Å². The van der Waals surface area contributed by atoms with Gasteiger partial charge in [-0.3, -0.25) is 0 Å². The van der Waals surface area contributed by atoms with Crippen molar-refractivity contribution >= 4 is 5.52 Å². The molecule has 0 bridgehead atoms. The molecule has 0 fully saturated rings. The fraction of sp³-hybridized carbons (Fsp3) is 0.235. The van der Waals surface area contributed by atoms with Gasteiger partial charge in [-0.25, -0.2) is 8.91 Å². The molecule has 3 nitrogen and oxygen atoms in total. The molecular formula is C17H18FN3. The lowest BCUT2D eigenvalue weighted by Gasteiger charge is -2.08. The first-order valence-corrected chi connectivity index (χ1v) is 7.03. The molecule has 0 unspecified atom stereocenters. The summed E-state index contributed by atoms with van der Waals surface area (Å²) in [6.07, 6.45) is 3.81. The second kappa shape index (κ2) is 5.66. The predicted octanol–water partition coefficient (Wildman–Crippen LogP) is 3.38. The third kappa shape index (κ3) is 2.81. The molecule has 1 aromatic carbocycles. The molecule has 0 amide bonds. The molecule has 2 heterocycles. The molecule has 0 aliphatic heterocycles. The van der Waals surface area contributed by atoms with Crippen molar-refractivity contribution in [1.82, 2.24) is 14.9 Å². The van der Waals surface area contributed by atoms with Crippen LogP contribution in [-0.2, 0) is 13.1 Å². The van der Waals surface area contributed by atoms with E-state index in [0.29, 0.717) is 17.7 Å². The zero-order chi connectivity index (χ0) is 14.8. The van der Waals surface area contributed by atoms with Crippen LogP contribution in [0.4, 0.5) is 4.39 Å². The summed E-state index contributed by atoms with van der Waals surface area (Å²) in [5.74, 6) is -0.110. The van der Waals surface area contributed by atoms with Crippen molar-refractivity contribution in [3.63, 3.8) is 0 Å². The summed E-state index contributed by atoms with van der Waals surface area (Å²) in [5, 5.41) is 7.71.